The van der Waals surface area contributed by atoms with Gasteiger partial charge in [-0.05, 0) is 57.2 Å². The molecule has 0 aliphatic heterocycles. The highest BCUT2D eigenvalue weighted by molar-refractivity contribution is 6.31. The maximum Gasteiger partial charge on any atom is 0.197 e. The van der Waals surface area contributed by atoms with E-state index in [1.54, 1.807) is 4.68 Å². The van der Waals surface area contributed by atoms with E-state index in [9.17, 15) is 0 Å². The van der Waals surface area contributed by atoms with Crippen LogP contribution < -0.4 is 5.32 Å². The van der Waals surface area contributed by atoms with Crippen molar-refractivity contribution < 1.29 is 0 Å². The molecule has 0 radical (unpaired) electrons. The predicted octanol–water partition coefficient (Wildman–Crippen LogP) is 5.14. The molecular formula is C20H18ClN5. The normalized spacial score (nSPS) is 11.1. The number of hydrogen-bond donors (Lipinski definition) is 1. The van der Waals surface area contributed by atoms with Gasteiger partial charge in [-0.25, -0.2) is 14.6 Å². The van der Waals surface area contributed by atoms with Crippen LogP contribution in [0.1, 0.15) is 17.0 Å². The summed E-state index contributed by atoms with van der Waals surface area (Å²) in [6, 6.07) is 15.7. The van der Waals surface area contributed by atoms with Gasteiger partial charge in [-0.3, -0.25) is 0 Å². The van der Waals surface area contributed by atoms with Crippen LogP contribution in [0.15, 0.2) is 48.5 Å². The van der Waals surface area contributed by atoms with E-state index in [0.29, 0.717) is 16.7 Å². The SMILES string of the molecule is Cc1ccc(Nc2nc3ccc(Cl)cc3nc2-n2nc(C)cc2C)cc1. The van der Waals surface area contributed by atoms with Crippen LogP contribution in [-0.4, -0.2) is 19.7 Å². The fourth-order valence-corrected chi connectivity index (χ4v) is 3.03. The molecule has 4 aromatic rings. The van der Waals surface area contributed by atoms with Gasteiger partial charge in [-0.2, -0.15) is 5.10 Å². The molecule has 2 heterocycles. The van der Waals surface area contributed by atoms with Gasteiger partial charge in [-0.1, -0.05) is 29.3 Å². The number of nitrogens with zero attached hydrogens (tertiary/aromatic N) is 4. The summed E-state index contributed by atoms with van der Waals surface area (Å²) < 4.78 is 1.80. The van der Waals surface area contributed by atoms with E-state index in [4.69, 9.17) is 21.6 Å². The monoisotopic (exact) mass is 363 g/mol. The van der Waals surface area contributed by atoms with E-state index >= 15 is 0 Å². The summed E-state index contributed by atoms with van der Waals surface area (Å²) in [6.07, 6.45) is 0. The maximum absolute atomic E-state index is 6.13. The number of aryl methyl sites for hydroxylation is 3. The lowest BCUT2D eigenvalue weighted by Crippen LogP contribution is -2.08. The van der Waals surface area contributed by atoms with Crippen molar-refractivity contribution in [2.45, 2.75) is 20.8 Å². The molecule has 130 valence electrons. The number of halogens is 1. The van der Waals surface area contributed by atoms with Crippen molar-refractivity contribution in [3.8, 4) is 5.82 Å². The predicted molar refractivity (Wildman–Crippen MR) is 106 cm³/mol. The van der Waals surface area contributed by atoms with Crippen LogP contribution in [0.3, 0.4) is 0 Å². The number of aromatic nitrogens is 4. The van der Waals surface area contributed by atoms with Crippen LogP contribution in [0.25, 0.3) is 16.9 Å². The summed E-state index contributed by atoms with van der Waals surface area (Å²) in [5, 5.41) is 8.57. The van der Waals surface area contributed by atoms with Gasteiger partial charge < -0.3 is 5.32 Å². The molecule has 0 atom stereocenters. The van der Waals surface area contributed by atoms with Gasteiger partial charge >= 0.3 is 0 Å². The van der Waals surface area contributed by atoms with Gasteiger partial charge in [0.25, 0.3) is 0 Å². The molecule has 0 saturated carbocycles. The molecule has 26 heavy (non-hydrogen) atoms. The Morgan fingerprint density at radius 2 is 1.65 bits per heavy atom. The Bertz CT molecular complexity index is 1100. The lowest BCUT2D eigenvalue weighted by Gasteiger charge is -2.13. The van der Waals surface area contributed by atoms with E-state index in [1.165, 1.54) is 5.56 Å². The number of anilines is 2. The van der Waals surface area contributed by atoms with Crippen molar-refractivity contribution in [1.29, 1.82) is 0 Å². The zero-order chi connectivity index (χ0) is 18.3. The fourth-order valence-electron chi connectivity index (χ4n) is 2.87. The Morgan fingerprint density at radius 1 is 0.885 bits per heavy atom. The molecule has 0 saturated heterocycles. The molecule has 0 spiro atoms. The minimum Gasteiger partial charge on any atom is -0.337 e. The summed E-state index contributed by atoms with van der Waals surface area (Å²) >= 11 is 6.13. The average Bonchev–Trinajstić information content (AvgIpc) is 2.94. The molecule has 0 fully saturated rings. The summed E-state index contributed by atoms with van der Waals surface area (Å²) in [5.41, 5.74) is 5.57. The molecule has 1 N–H and O–H groups in total. The second-order valence-electron chi connectivity index (χ2n) is 6.36. The lowest BCUT2D eigenvalue weighted by molar-refractivity contribution is 0.808. The molecule has 2 aromatic heterocycles. The molecule has 6 heteroatoms. The molecule has 0 aliphatic rings. The third-order valence-electron chi connectivity index (χ3n) is 4.13. The molecule has 0 amide bonds. The van der Waals surface area contributed by atoms with Crippen molar-refractivity contribution in [2.24, 2.45) is 0 Å². The number of benzene rings is 2. The Hall–Kier alpha value is -2.92. The van der Waals surface area contributed by atoms with Crippen molar-refractivity contribution in [1.82, 2.24) is 19.7 Å². The zero-order valence-electron chi connectivity index (χ0n) is 14.8. The first kappa shape index (κ1) is 16.5. The van der Waals surface area contributed by atoms with Gasteiger partial charge in [0, 0.05) is 16.4 Å². The Morgan fingerprint density at radius 3 is 2.35 bits per heavy atom. The van der Waals surface area contributed by atoms with Crippen LogP contribution in [0, 0.1) is 20.8 Å². The molecule has 4 rings (SSSR count). The molecule has 0 bridgehead atoms. The first-order valence-electron chi connectivity index (χ1n) is 8.34. The Labute approximate surface area is 156 Å². The highest BCUT2D eigenvalue weighted by Crippen LogP contribution is 2.26. The molecular weight excluding hydrogens is 346 g/mol. The fraction of sp³-hybridized carbons (Fsp3) is 0.150. The quantitative estimate of drug-likeness (QED) is 0.547. The second-order valence-corrected chi connectivity index (χ2v) is 6.80. The largest absolute Gasteiger partial charge is 0.337 e. The Balaban J connectivity index is 1.90. The highest BCUT2D eigenvalue weighted by Gasteiger charge is 2.15. The van der Waals surface area contributed by atoms with Gasteiger partial charge in [0.1, 0.15) is 0 Å². The number of nitrogens with one attached hydrogen (secondary N) is 1. The molecule has 2 aromatic carbocycles. The number of fused-ring (bicyclic) bond motifs is 1. The number of rotatable bonds is 3. The summed E-state index contributed by atoms with van der Waals surface area (Å²) in [7, 11) is 0. The highest BCUT2D eigenvalue weighted by atomic mass is 35.5. The minimum absolute atomic E-state index is 0.630. The van der Waals surface area contributed by atoms with Gasteiger partial charge in [0.2, 0.25) is 0 Å². The maximum atomic E-state index is 6.13. The van der Waals surface area contributed by atoms with E-state index in [2.05, 4.69) is 29.5 Å². The summed E-state index contributed by atoms with van der Waals surface area (Å²) in [4.78, 5) is 9.55. The third-order valence-corrected chi connectivity index (χ3v) is 4.37. The van der Waals surface area contributed by atoms with Crippen molar-refractivity contribution in [3.05, 3.63) is 70.5 Å². The van der Waals surface area contributed by atoms with Crippen LogP contribution in [-0.2, 0) is 0 Å². The minimum atomic E-state index is 0.630. The van der Waals surface area contributed by atoms with Crippen molar-refractivity contribution in [2.75, 3.05) is 5.32 Å². The lowest BCUT2D eigenvalue weighted by atomic mass is 10.2. The van der Waals surface area contributed by atoms with Crippen molar-refractivity contribution >= 4 is 34.1 Å². The third kappa shape index (κ3) is 3.13. The molecule has 5 nitrogen and oxygen atoms in total. The summed E-state index contributed by atoms with van der Waals surface area (Å²) in [6.45, 7) is 6.02. The standard InChI is InChI=1S/C20H18ClN5/c1-12-4-7-16(8-5-12)22-19-20(26-14(3)10-13(2)25-26)24-18-11-15(21)6-9-17(18)23-19/h4-11H,1-3H3,(H,22,23). The summed E-state index contributed by atoms with van der Waals surface area (Å²) in [5.74, 6) is 1.29. The van der Waals surface area contributed by atoms with E-state index in [0.717, 1.165) is 28.1 Å². The Kier molecular flexibility index (Phi) is 4.09. The van der Waals surface area contributed by atoms with Crippen LogP contribution in [0.2, 0.25) is 5.02 Å². The van der Waals surface area contributed by atoms with Crippen molar-refractivity contribution in [3.63, 3.8) is 0 Å². The average molecular weight is 364 g/mol. The van der Waals surface area contributed by atoms with Crippen LogP contribution in [0.5, 0.6) is 0 Å². The first-order valence-corrected chi connectivity index (χ1v) is 8.72. The number of hydrogen-bond acceptors (Lipinski definition) is 4. The molecule has 0 aliphatic carbocycles. The van der Waals surface area contributed by atoms with Gasteiger partial charge in [0.15, 0.2) is 11.6 Å². The van der Waals surface area contributed by atoms with Gasteiger partial charge in [-0.15, -0.1) is 0 Å². The second kappa shape index (κ2) is 6.42. The smallest absolute Gasteiger partial charge is 0.197 e. The van der Waals surface area contributed by atoms with E-state index in [-0.39, 0.29) is 0 Å². The van der Waals surface area contributed by atoms with E-state index in [1.807, 2.05) is 50.2 Å². The van der Waals surface area contributed by atoms with Crippen LogP contribution >= 0.6 is 11.6 Å². The zero-order valence-corrected chi connectivity index (χ0v) is 15.5. The van der Waals surface area contributed by atoms with E-state index < -0.39 is 0 Å². The topological polar surface area (TPSA) is 55.6 Å². The van der Waals surface area contributed by atoms with Crippen LogP contribution in [0.4, 0.5) is 11.5 Å². The first-order chi connectivity index (χ1) is 12.5. The van der Waals surface area contributed by atoms with Gasteiger partial charge in [0.05, 0.1) is 16.7 Å². The molecule has 0 unspecified atom stereocenters.